The van der Waals surface area contributed by atoms with Crippen LogP contribution in [0.5, 0.6) is 0 Å². The predicted octanol–water partition coefficient (Wildman–Crippen LogP) is 2.93. The van der Waals surface area contributed by atoms with Gasteiger partial charge in [-0.15, -0.1) is 11.3 Å². The molecule has 0 saturated carbocycles. The molecule has 0 bridgehead atoms. The minimum atomic E-state index is -1.33. The summed E-state index contributed by atoms with van der Waals surface area (Å²) in [5.41, 5.74) is -1.21. The van der Waals surface area contributed by atoms with Crippen LogP contribution in [0.4, 0.5) is 0 Å². The monoisotopic (exact) mass is 349 g/mol. The van der Waals surface area contributed by atoms with Crippen molar-refractivity contribution in [3.63, 3.8) is 0 Å². The molecule has 0 amide bonds. The van der Waals surface area contributed by atoms with E-state index in [2.05, 4.69) is 0 Å². The fourth-order valence-corrected chi connectivity index (χ4v) is 2.99. The maximum atomic E-state index is 12.3. The first-order valence-corrected chi connectivity index (χ1v) is 8.15. The number of carboxylic acids is 1. The zero-order valence-electron chi connectivity index (χ0n) is 14.0. The van der Waals surface area contributed by atoms with Crippen molar-refractivity contribution in [2.24, 2.45) is 0 Å². The number of thiophene rings is 1. The smallest absolute Gasteiger partial charge is 0.341 e. The summed E-state index contributed by atoms with van der Waals surface area (Å²) in [5, 5.41) is 9.26. The number of aromatic carboxylic acids is 1. The molecule has 6 nitrogen and oxygen atoms in total. The minimum Gasteiger partial charge on any atom is -0.477 e. The van der Waals surface area contributed by atoms with Gasteiger partial charge in [0.05, 0.1) is 0 Å². The number of hydrogen-bond donors (Lipinski definition) is 1. The Morgan fingerprint density at radius 2 is 1.96 bits per heavy atom. The topological polar surface area (TPSA) is 85.6 Å². The number of hydrogen-bond acceptors (Lipinski definition) is 5. The molecule has 2 aromatic heterocycles. The van der Waals surface area contributed by atoms with E-state index in [9.17, 15) is 19.5 Å². The predicted molar refractivity (Wildman–Crippen MR) is 91.6 cm³/mol. The van der Waals surface area contributed by atoms with Gasteiger partial charge in [-0.1, -0.05) is 0 Å². The van der Waals surface area contributed by atoms with Crippen LogP contribution in [-0.2, 0) is 16.1 Å². The summed E-state index contributed by atoms with van der Waals surface area (Å²) in [6.07, 6.45) is 1.49. The summed E-state index contributed by atoms with van der Waals surface area (Å²) < 4.78 is 6.29. The molecule has 0 radical (unpaired) electrons. The van der Waals surface area contributed by atoms with Crippen molar-refractivity contribution in [3.05, 3.63) is 45.2 Å². The van der Waals surface area contributed by atoms with Crippen LogP contribution in [0.3, 0.4) is 0 Å². The summed E-state index contributed by atoms with van der Waals surface area (Å²) >= 11 is 1.48. The van der Waals surface area contributed by atoms with Crippen LogP contribution in [0.25, 0.3) is 10.4 Å². The molecule has 2 rings (SSSR count). The van der Waals surface area contributed by atoms with Crippen LogP contribution >= 0.6 is 11.3 Å². The molecular weight excluding hydrogens is 330 g/mol. The van der Waals surface area contributed by atoms with Crippen LogP contribution in [0.2, 0.25) is 0 Å². The second-order valence-electron chi connectivity index (χ2n) is 6.38. The highest BCUT2D eigenvalue weighted by atomic mass is 32.1. The van der Waals surface area contributed by atoms with Crippen molar-refractivity contribution >= 4 is 23.3 Å². The molecule has 0 fully saturated rings. The van der Waals surface area contributed by atoms with Crippen LogP contribution in [0.15, 0.2) is 29.2 Å². The average molecular weight is 349 g/mol. The summed E-state index contributed by atoms with van der Waals surface area (Å²) in [6, 6.07) is 5.09. The lowest BCUT2D eigenvalue weighted by Crippen LogP contribution is -2.32. The Balaban J connectivity index is 2.46. The number of rotatable bonds is 4. The molecule has 128 valence electrons. The van der Waals surface area contributed by atoms with Crippen molar-refractivity contribution in [2.75, 3.05) is 0 Å². The highest BCUT2D eigenvalue weighted by Gasteiger charge is 2.20. The Morgan fingerprint density at radius 1 is 1.29 bits per heavy atom. The quantitative estimate of drug-likeness (QED) is 0.858. The molecule has 0 aliphatic carbocycles. The van der Waals surface area contributed by atoms with Gasteiger partial charge in [-0.25, -0.2) is 4.79 Å². The SMILES string of the molecule is Cc1ccc(-c2cc(C(=O)O)c(=O)n(CC(=O)OC(C)(C)C)c2)s1. The van der Waals surface area contributed by atoms with Gasteiger partial charge >= 0.3 is 11.9 Å². The van der Waals surface area contributed by atoms with Gasteiger partial charge in [0.15, 0.2) is 0 Å². The van der Waals surface area contributed by atoms with Crippen LogP contribution in [-0.4, -0.2) is 27.2 Å². The molecule has 2 heterocycles. The lowest BCUT2D eigenvalue weighted by Gasteiger charge is -2.20. The van der Waals surface area contributed by atoms with Crippen molar-refractivity contribution in [1.29, 1.82) is 0 Å². The standard InChI is InChI=1S/C17H19NO5S/c1-10-5-6-13(24-10)11-7-12(16(21)22)15(20)18(8-11)9-14(19)23-17(2,3)4/h5-8H,9H2,1-4H3,(H,21,22). The largest absolute Gasteiger partial charge is 0.477 e. The molecule has 2 aromatic rings. The number of carbonyl (C=O) groups is 2. The highest BCUT2D eigenvalue weighted by molar-refractivity contribution is 7.15. The van der Waals surface area contributed by atoms with E-state index in [1.54, 1.807) is 20.8 Å². The first kappa shape index (κ1) is 17.9. The van der Waals surface area contributed by atoms with Gasteiger partial charge in [0, 0.05) is 21.5 Å². The second kappa shape index (κ2) is 6.60. The first-order chi connectivity index (χ1) is 11.1. The Morgan fingerprint density at radius 3 is 2.46 bits per heavy atom. The van der Waals surface area contributed by atoms with Crippen molar-refractivity contribution in [1.82, 2.24) is 4.57 Å². The van der Waals surface area contributed by atoms with E-state index in [1.807, 2.05) is 19.1 Å². The van der Waals surface area contributed by atoms with Crippen LogP contribution in [0, 0.1) is 6.92 Å². The Hall–Kier alpha value is -2.41. The summed E-state index contributed by atoms with van der Waals surface area (Å²) in [7, 11) is 0. The molecule has 0 aromatic carbocycles. The minimum absolute atomic E-state index is 0.339. The van der Waals surface area contributed by atoms with E-state index in [-0.39, 0.29) is 12.1 Å². The van der Waals surface area contributed by atoms with E-state index in [0.717, 1.165) is 14.3 Å². The molecule has 1 N–H and O–H groups in total. The van der Waals surface area contributed by atoms with Gasteiger partial charge in [0.25, 0.3) is 5.56 Å². The molecular formula is C17H19NO5S. The van der Waals surface area contributed by atoms with Gasteiger partial charge in [-0.3, -0.25) is 9.59 Å². The van der Waals surface area contributed by atoms with Gasteiger partial charge < -0.3 is 14.4 Å². The number of pyridine rings is 1. The first-order valence-electron chi connectivity index (χ1n) is 7.33. The third-order valence-corrected chi connectivity index (χ3v) is 4.11. The number of carbonyl (C=O) groups excluding carboxylic acids is 1. The lowest BCUT2D eigenvalue weighted by molar-refractivity contribution is -0.155. The van der Waals surface area contributed by atoms with Gasteiger partial charge in [0.1, 0.15) is 17.7 Å². The Bertz CT molecular complexity index is 841. The normalized spacial score (nSPS) is 11.3. The summed E-state index contributed by atoms with van der Waals surface area (Å²) in [6.45, 7) is 6.77. The van der Waals surface area contributed by atoms with Crippen molar-refractivity contribution in [2.45, 2.75) is 39.8 Å². The number of carboxylic acid groups (broad SMARTS) is 1. The molecule has 0 spiro atoms. The highest BCUT2D eigenvalue weighted by Crippen LogP contribution is 2.27. The number of aryl methyl sites for hydroxylation is 1. The van der Waals surface area contributed by atoms with Crippen molar-refractivity contribution < 1.29 is 19.4 Å². The summed E-state index contributed by atoms with van der Waals surface area (Å²) in [5.74, 6) is -1.92. The fraction of sp³-hybridized carbons (Fsp3) is 0.353. The van der Waals surface area contributed by atoms with E-state index < -0.39 is 23.1 Å². The van der Waals surface area contributed by atoms with Gasteiger partial charge in [-0.05, 0) is 45.9 Å². The lowest BCUT2D eigenvalue weighted by atomic mass is 10.1. The zero-order valence-corrected chi connectivity index (χ0v) is 14.8. The number of nitrogens with zero attached hydrogens (tertiary/aromatic N) is 1. The van der Waals surface area contributed by atoms with E-state index >= 15 is 0 Å². The number of esters is 1. The molecule has 0 saturated heterocycles. The average Bonchev–Trinajstić information content (AvgIpc) is 2.85. The molecule has 7 heteroatoms. The number of aromatic nitrogens is 1. The molecule has 0 atom stereocenters. The zero-order chi connectivity index (χ0) is 18.1. The molecule has 0 aliphatic heterocycles. The van der Waals surface area contributed by atoms with Crippen LogP contribution in [0.1, 0.15) is 36.0 Å². The summed E-state index contributed by atoms with van der Waals surface area (Å²) in [4.78, 5) is 37.5. The maximum Gasteiger partial charge on any atom is 0.341 e. The van der Waals surface area contributed by atoms with Gasteiger partial charge in [-0.2, -0.15) is 0 Å². The second-order valence-corrected chi connectivity index (χ2v) is 7.67. The molecule has 0 aliphatic rings. The maximum absolute atomic E-state index is 12.3. The Kier molecular flexibility index (Phi) is 4.94. The number of ether oxygens (including phenoxy) is 1. The molecule has 0 unspecified atom stereocenters. The third-order valence-electron chi connectivity index (χ3n) is 3.06. The molecule has 24 heavy (non-hydrogen) atoms. The van der Waals surface area contributed by atoms with Crippen molar-refractivity contribution in [3.8, 4) is 10.4 Å². The van der Waals surface area contributed by atoms with E-state index in [0.29, 0.717) is 5.56 Å². The fourth-order valence-electron chi connectivity index (χ4n) is 2.14. The van der Waals surface area contributed by atoms with Crippen LogP contribution < -0.4 is 5.56 Å². The Labute approximate surface area is 143 Å². The van der Waals surface area contributed by atoms with Gasteiger partial charge in [0.2, 0.25) is 0 Å². The third kappa shape index (κ3) is 4.32. The van der Waals surface area contributed by atoms with E-state index in [4.69, 9.17) is 4.74 Å². The van der Waals surface area contributed by atoms with E-state index in [1.165, 1.54) is 23.6 Å².